The first-order valence-electron chi connectivity index (χ1n) is 5.77. The molecule has 0 spiro atoms. The lowest BCUT2D eigenvalue weighted by Crippen LogP contribution is -2.12. The first-order chi connectivity index (χ1) is 7.36. The number of benzene rings is 1. The average Bonchev–Trinajstić information content (AvgIpc) is 2.74. The maximum Gasteiger partial charge on any atom is 0.0592 e. The van der Waals surface area contributed by atoms with Gasteiger partial charge < -0.3 is 10.1 Å². The number of ether oxygens (including phenoxy) is 1. The van der Waals surface area contributed by atoms with E-state index in [1.165, 1.54) is 24.1 Å². The third-order valence-electron chi connectivity index (χ3n) is 2.95. The van der Waals surface area contributed by atoms with Crippen molar-refractivity contribution >= 4 is 5.69 Å². The molecule has 1 aliphatic heterocycles. The van der Waals surface area contributed by atoms with E-state index >= 15 is 0 Å². The molecular formula is C13H19NO. The standard InChI is InChI=1S/C13H19NO/c1-11-5-2-3-7-13(11)14-9-8-12-6-4-10-15-12/h2-3,5,7,12,14H,4,6,8-10H2,1H3. The Morgan fingerprint density at radius 3 is 3.00 bits per heavy atom. The van der Waals surface area contributed by atoms with Crippen molar-refractivity contribution in [3.05, 3.63) is 29.8 Å². The molecule has 15 heavy (non-hydrogen) atoms. The SMILES string of the molecule is Cc1ccccc1NCCC1CCCO1. The van der Waals surface area contributed by atoms with Gasteiger partial charge in [-0.2, -0.15) is 0 Å². The highest BCUT2D eigenvalue weighted by Crippen LogP contribution is 2.17. The molecule has 82 valence electrons. The van der Waals surface area contributed by atoms with E-state index < -0.39 is 0 Å². The fraction of sp³-hybridized carbons (Fsp3) is 0.538. The summed E-state index contributed by atoms with van der Waals surface area (Å²) in [7, 11) is 0. The molecule has 1 saturated heterocycles. The highest BCUT2D eigenvalue weighted by molar-refractivity contribution is 5.50. The van der Waals surface area contributed by atoms with Crippen LogP contribution in [0.4, 0.5) is 5.69 Å². The van der Waals surface area contributed by atoms with Gasteiger partial charge in [0.15, 0.2) is 0 Å². The topological polar surface area (TPSA) is 21.3 Å². The fourth-order valence-corrected chi connectivity index (χ4v) is 2.01. The van der Waals surface area contributed by atoms with Crippen molar-refractivity contribution in [3.63, 3.8) is 0 Å². The molecule has 2 heteroatoms. The summed E-state index contributed by atoms with van der Waals surface area (Å²) in [5.41, 5.74) is 2.56. The number of hydrogen-bond acceptors (Lipinski definition) is 2. The summed E-state index contributed by atoms with van der Waals surface area (Å²) in [4.78, 5) is 0. The van der Waals surface area contributed by atoms with Crippen molar-refractivity contribution < 1.29 is 4.74 Å². The van der Waals surface area contributed by atoms with E-state index in [0.29, 0.717) is 6.10 Å². The van der Waals surface area contributed by atoms with Gasteiger partial charge in [-0.05, 0) is 37.8 Å². The summed E-state index contributed by atoms with van der Waals surface area (Å²) in [6, 6.07) is 8.40. The fourth-order valence-electron chi connectivity index (χ4n) is 2.01. The van der Waals surface area contributed by atoms with E-state index in [2.05, 4.69) is 36.5 Å². The van der Waals surface area contributed by atoms with Crippen molar-refractivity contribution in [2.45, 2.75) is 32.3 Å². The summed E-state index contributed by atoms with van der Waals surface area (Å²) in [6.07, 6.45) is 4.07. The van der Waals surface area contributed by atoms with Crippen LogP contribution in [0.3, 0.4) is 0 Å². The molecular weight excluding hydrogens is 186 g/mol. The predicted molar refractivity (Wildman–Crippen MR) is 63.3 cm³/mol. The Kier molecular flexibility index (Phi) is 3.62. The number of aryl methyl sites for hydroxylation is 1. The highest BCUT2D eigenvalue weighted by atomic mass is 16.5. The Morgan fingerprint density at radius 2 is 2.27 bits per heavy atom. The highest BCUT2D eigenvalue weighted by Gasteiger charge is 2.14. The molecule has 1 fully saturated rings. The van der Waals surface area contributed by atoms with Gasteiger partial charge in [0, 0.05) is 18.8 Å². The smallest absolute Gasteiger partial charge is 0.0592 e. The zero-order valence-corrected chi connectivity index (χ0v) is 9.33. The molecule has 2 rings (SSSR count). The molecule has 2 nitrogen and oxygen atoms in total. The van der Waals surface area contributed by atoms with Crippen LogP contribution in [0.2, 0.25) is 0 Å². The van der Waals surface area contributed by atoms with Crippen molar-refractivity contribution in [1.82, 2.24) is 0 Å². The first-order valence-corrected chi connectivity index (χ1v) is 5.77. The van der Waals surface area contributed by atoms with Crippen molar-refractivity contribution in [2.24, 2.45) is 0 Å². The number of nitrogens with one attached hydrogen (secondary N) is 1. The van der Waals surface area contributed by atoms with E-state index in [0.717, 1.165) is 19.6 Å². The number of rotatable bonds is 4. The zero-order chi connectivity index (χ0) is 10.5. The minimum atomic E-state index is 0.488. The maximum absolute atomic E-state index is 5.58. The van der Waals surface area contributed by atoms with Crippen LogP contribution in [0.25, 0.3) is 0 Å². The van der Waals surface area contributed by atoms with E-state index in [1.807, 2.05) is 0 Å². The van der Waals surface area contributed by atoms with Gasteiger partial charge in [0.05, 0.1) is 6.10 Å². The molecule has 1 atom stereocenters. The largest absolute Gasteiger partial charge is 0.385 e. The lowest BCUT2D eigenvalue weighted by molar-refractivity contribution is 0.107. The Balaban J connectivity index is 1.75. The van der Waals surface area contributed by atoms with Gasteiger partial charge in [0.25, 0.3) is 0 Å². The Bertz CT molecular complexity index is 305. The first kappa shape index (κ1) is 10.5. The molecule has 1 unspecified atom stereocenters. The van der Waals surface area contributed by atoms with Gasteiger partial charge in [-0.1, -0.05) is 18.2 Å². The summed E-state index contributed by atoms with van der Waals surface area (Å²) >= 11 is 0. The minimum Gasteiger partial charge on any atom is -0.385 e. The van der Waals surface area contributed by atoms with E-state index in [9.17, 15) is 0 Å². The summed E-state index contributed by atoms with van der Waals surface area (Å²) < 4.78 is 5.58. The molecule has 1 aromatic rings. The van der Waals surface area contributed by atoms with E-state index in [-0.39, 0.29) is 0 Å². The quantitative estimate of drug-likeness (QED) is 0.816. The Labute approximate surface area is 91.6 Å². The van der Waals surface area contributed by atoms with Crippen LogP contribution in [0.1, 0.15) is 24.8 Å². The number of hydrogen-bond donors (Lipinski definition) is 1. The third-order valence-corrected chi connectivity index (χ3v) is 2.95. The molecule has 0 amide bonds. The molecule has 0 bridgehead atoms. The molecule has 0 radical (unpaired) electrons. The number of para-hydroxylation sites is 1. The zero-order valence-electron chi connectivity index (χ0n) is 9.33. The Hall–Kier alpha value is -1.02. The van der Waals surface area contributed by atoms with Gasteiger partial charge in [0.1, 0.15) is 0 Å². The molecule has 1 N–H and O–H groups in total. The van der Waals surface area contributed by atoms with E-state index in [1.54, 1.807) is 0 Å². The number of anilines is 1. The van der Waals surface area contributed by atoms with Crippen molar-refractivity contribution in [1.29, 1.82) is 0 Å². The van der Waals surface area contributed by atoms with Gasteiger partial charge in [-0.25, -0.2) is 0 Å². The van der Waals surface area contributed by atoms with Crippen molar-refractivity contribution in [2.75, 3.05) is 18.5 Å². The lowest BCUT2D eigenvalue weighted by atomic mass is 10.1. The average molecular weight is 205 g/mol. The normalized spacial score (nSPS) is 20.5. The Morgan fingerprint density at radius 1 is 1.40 bits per heavy atom. The van der Waals surface area contributed by atoms with Crippen LogP contribution in [0.15, 0.2) is 24.3 Å². The van der Waals surface area contributed by atoms with Gasteiger partial charge >= 0.3 is 0 Å². The van der Waals surface area contributed by atoms with Crippen LogP contribution in [0.5, 0.6) is 0 Å². The maximum atomic E-state index is 5.58. The molecule has 0 aromatic heterocycles. The van der Waals surface area contributed by atoms with Gasteiger partial charge in [0.2, 0.25) is 0 Å². The summed E-state index contributed by atoms with van der Waals surface area (Å²) in [5.74, 6) is 0. The van der Waals surface area contributed by atoms with Crippen molar-refractivity contribution in [3.8, 4) is 0 Å². The predicted octanol–water partition coefficient (Wildman–Crippen LogP) is 2.98. The van der Waals surface area contributed by atoms with Gasteiger partial charge in [-0.15, -0.1) is 0 Å². The van der Waals surface area contributed by atoms with Crippen LogP contribution in [-0.4, -0.2) is 19.3 Å². The lowest BCUT2D eigenvalue weighted by Gasteiger charge is -2.12. The molecule has 1 aromatic carbocycles. The second-order valence-electron chi connectivity index (χ2n) is 4.17. The van der Waals surface area contributed by atoms with Crippen LogP contribution < -0.4 is 5.32 Å². The second kappa shape index (κ2) is 5.17. The van der Waals surface area contributed by atoms with Crippen LogP contribution in [0, 0.1) is 6.92 Å². The van der Waals surface area contributed by atoms with Crippen LogP contribution in [-0.2, 0) is 4.74 Å². The molecule has 1 aliphatic rings. The second-order valence-corrected chi connectivity index (χ2v) is 4.17. The third kappa shape index (κ3) is 2.96. The van der Waals surface area contributed by atoms with Crippen LogP contribution >= 0.6 is 0 Å². The van der Waals surface area contributed by atoms with Gasteiger partial charge in [-0.3, -0.25) is 0 Å². The summed E-state index contributed by atoms with van der Waals surface area (Å²) in [6.45, 7) is 4.10. The minimum absolute atomic E-state index is 0.488. The monoisotopic (exact) mass is 205 g/mol. The van der Waals surface area contributed by atoms with E-state index in [4.69, 9.17) is 4.74 Å². The summed E-state index contributed by atoms with van der Waals surface area (Å²) in [5, 5.41) is 3.46. The molecule has 0 saturated carbocycles. The molecule has 0 aliphatic carbocycles. The molecule has 1 heterocycles.